The monoisotopic (exact) mass is 313 g/mol. The molecule has 0 aliphatic carbocycles. The Kier molecular flexibility index (Phi) is 3.80. The highest BCUT2D eigenvalue weighted by molar-refractivity contribution is 7.22. The van der Waals surface area contributed by atoms with Crippen molar-refractivity contribution in [3.8, 4) is 0 Å². The number of carbonyl (C=O) groups is 2. The van der Waals surface area contributed by atoms with Gasteiger partial charge in [-0.05, 0) is 30.3 Å². The van der Waals surface area contributed by atoms with Gasteiger partial charge in [-0.3, -0.25) is 15.1 Å². The van der Waals surface area contributed by atoms with Crippen LogP contribution in [0.2, 0.25) is 0 Å². The number of anilines is 1. The van der Waals surface area contributed by atoms with Gasteiger partial charge in [-0.1, -0.05) is 11.3 Å². The number of pyridine rings is 1. The molecule has 0 fully saturated rings. The van der Waals surface area contributed by atoms with E-state index >= 15 is 0 Å². The van der Waals surface area contributed by atoms with Crippen LogP contribution in [0.5, 0.6) is 0 Å². The molecule has 6 nitrogen and oxygen atoms in total. The first-order valence-electron chi connectivity index (χ1n) is 6.37. The molecule has 0 aliphatic heterocycles. The topological polar surface area (TPSA) is 81.2 Å². The molecule has 1 amide bonds. The zero-order chi connectivity index (χ0) is 15.5. The predicted molar refractivity (Wildman–Crippen MR) is 83.1 cm³/mol. The number of aromatic nitrogens is 2. The Bertz CT molecular complexity index is 846. The molecule has 3 aromatic rings. The van der Waals surface area contributed by atoms with E-state index in [0.717, 1.165) is 4.70 Å². The Labute approximate surface area is 129 Å². The van der Waals surface area contributed by atoms with Crippen molar-refractivity contribution < 1.29 is 14.3 Å². The number of amides is 1. The largest absolute Gasteiger partial charge is 0.465 e. The van der Waals surface area contributed by atoms with E-state index in [4.69, 9.17) is 0 Å². The van der Waals surface area contributed by atoms with Gasteiger partial charge in [0.15, 0.2) is 5.13 Å². The molecule has 1 aromatic carbocycles. The van der Waals surface area contributed by atoms with Crippen LogP contribution in [0.3, 0.4) is 0 Å². The summed E-state index contributed by atoms with van der Waals surface area (Å²) in [6.07, 6.45) is 3.08. The van der Waals surface area contributed by atoms with E-state index in [9.17, 15) is 9.59 Å². The zero-order valence-electron chi connectivity index (χ0n) is 11.6. The quantitative estimate of drug-likeness (QED) is 0.752. The van der Waals surface area contributed by atoms with Crippen molar-refractivity contribution in [3.63, 3.8) is 0 Å². The first kappa shape index (κ1) is 14.2. The van der Waals surface area contributed by atoms with Gasteiger partial charge < -0.3 is 4.74 Å². The number of fused-ring (bicyclic) bond motifs is 1. The number of nitrogens with zero attached hydrogens (tertiary/aromatic N) is 2. The van der Waals surface area contributed by atoms with Crippen LogP contribution in [0.25, 0.3) is 10.2 Å². The standard InChI is InChI=1S/C15H11N3O3S/c1-21-14(20)9-4-5-11-12(7-9)22-15(17-11)18-13(19)10-3-2-6-16-8-10/h2-8H,1H3,(H,17,18,19). The van der Waals surface area contributed by atoms with Gasteiger partial charge in [0.05, 0.1) is 28.5 Å². The van der Waals surface area contributed by atoms with Crippen LogP contribution in [-0.4, -0.2) is 29.0 Å². The van der Waals surface area contributed by atoms with Gasteiger partial charge >= 0.3 is 5.97 Å². The molecule has 0 spiro atoms. The van der Waals surface area contributed by atoms with Crippen LogP contribution in [0.1, 0.15) is 20.7 Å². The molecule has 0 aliphatic rings. The SMILES string of the molecule is COC(=O)c1ccc2nc(NC(=O)c3cccnc3)sc2c1. The lowest BCUT2D eigenvalue weighted by atomic mass is 10.2. The van der Waals surface area contributed by atoms with E-state index in [0.29, 0.717) is 21.8 Å². The van der Waals surface area contributed by atoms with Crippen LogP contribution in [0.4, 0.5) is 5.13 Å². The third-order valence-corrected chi connectivity index (χ3v) is 3.89. The Morgan fingerprint density at radius 1 is 1.23 bits per heavy atom. The van der Waals surface area contributed by atoms with Crippen LogP contribution in [-0.2, 0) is 4.74 Å². The molecule has 3 rings (SSSR count). The molecule has 110 valence electrons. The van der Waals surface area contributed by atoms with Gasteiger partial charge in [-0.25, -0.2) is 9.78 Å². The molecular formula is C15H11N3O3S. The van der Waals surface area contributed by atoms with Crippen molar-refractivity contribution in [1.29, 1.82) is 0 Å². The van der Waals surface area contributed by atoms with Crippen LogP contribution >= 0.6 is 11.3 Å². The van der Waals surface area contributed by atoms with E-state index in [-0.39, 0.29) is 5.91 Å². The van der Waals surface area contributed by atoms with Gasteiger partial charge in [0.2, 0.25) is 0 Å². The molecule has 22 heavy (non-hydrogen) atoms. The highest BCUT2D eigenvalue weighted by atomic mass is 32.1. The van der Waals surface area contributed by atoms with E-state index < -0.39 is 5.97 Å². The molecule has 2 heterocycles. The Hall–Kier alpha value is -2.80. The van der Waals surface area contributed by atoms with Gasteiger partial charge in [-0.2, -0.15) is 0 Å². The molecule has 0 saturated heterocycles. The maximum atomic E-state index is 12.1. The summed E-state index contributed by atoms with van der Waals surface area (Å²) in [6.45, 7) is 0. The summed E-state index contributed by atoms with van der Waals surface area (Å²) in [7, 11) is 1.33. The summed E-state index contributed by atoms with van der Waals surface area (Å²) in [5.41, 5.74) is 1.61. The number of nitrogens with one attached hydrogen (secondary N) is 1. The minimum absolute atomic E-state index is 0.277. The second kappa shape index (κ2) is 5.90. The van der Waals surface area contributed by atoms with Crippen molar-refractivity contribution in [3.05, 3.63) is 53.9 Å². The molecule has 0 atom stereocenters. The molecule has 7 heteroatoms. The molecule has 0 saturated carbocycles. The Balaban J connectivity index is 1.86. The minimum Gasteiger partial charge on any atom is -0.465 e. The fourth-order valence-corrected chi connectivity index (χ4v) is 2.79. The molecule has 2 aromatic heterocycles. The lowest BCUT2D eigenvalue weighted by Gasteiger charge is -1.99. The first-order chi connectivity index (χ1) is 10.7. The minimum atomic E-state index is -0.406. The average molecular weight is 313 g/mol. The maximum Gasteiger partial charge on any atom is 0.337 e. The zero-order valence-corrected chi connectivity index (χ0v) is 12.4. The molecule has 1 N–H and O–H groups in total. The average Bonchev–Trinajstić information content (AvgIpc) is 2.96. The number of rotatable bonds is 3. The normalized spacial score (nSPS) is 10.4. The highest BCUT2D eigenvalue weighted by Gasteiger charge is 2.12. The number of esters is 1. The lowest BCUT2D eigenvalue weighted by molar-refractivity contribution is 0.0601. The van der Waals surface area contributed by atoms with Crippen molar-refractivity contribution in [1.82, 2.24) is 9.97 Å². The number of hydrogen-bond acceptors (Lipinski definition) is 6. The number of thiazole rings is 1. The van der Waals surface area contributed by atoms with E-state index in [1.54, 1.807) is 36.5 Å². The lowest BCUT2D eigenvalue weighted by Crippen LogP contribution is -2.11. The summed E-state index contributed by atoms with van der Waals surface area (Å²) in [6, 6.07) is 8.41. The summed E-state index contributed by atoms with van der Waals surface area (Å²) in [4.78, 5) is 31.8. The summed E-state index contributed by atoms with van der Waals surface area (Å²) >= 11 is 1.29. The molecule has 0 bridgehead atoms. The van der Waals surface area contributed by atoms with E-state index in [1.165, 1.54) is 24.6 Å². The van der Waals surface area contributed by atoms with Gasteiger partial charge in [0.1, 0.15) is 0 Å². The second-order valence-corrected chi connectivity index (χ2v) is 5.42. The van der Waals surface area contributed by atoms with Gasteiger partial charge in [-0.15, -0.1) is 0 Å². The number of ether oxygens (including phenoxy) is 1. The molecule has 0 radical (unpaired) electrons. The number of benzene rings is 1. The Morgan fingerprint density at radius 3 is 2.82 bits per heavy atom. The maximum absolute atomic E-state index is 12.1. The van der Waals surface area contributed by atoms with Crippen LogP contribution in [0, 0.1) is 0 Å². The van der Waals surface area contributed by atoms with E-state index in [2.05, 4.69) is 20.0 Å². The second-order valence-electron chi connectivity index (χ2n) is 4.39. The number of methoxy groups -OCH3 is 1. The Morgan fingerprint density at radius 2 is 2.09 bits per heavy atom. The summed E-state index contributed by atoms with van der Waals surface area (Å²) in [5.74, 6) is -0.684. The fourth-order valence-electron chi connectivity index (χ4n) is 1.89. The number of carbonyl (C=O) groups excluding carboxylic acids is 2. The van der Waals surface area contributed by atoms with Crippen molar-refractivity contribution >= 4 is 38.6 Å². The third-order valence-electron chi connectivity index (χ3n) is 2.95. The molecular weight excluding hydrogens is 302 g/mol. The highest BCUT2D eigenvalue weighted by Crippen LogP contribution is 2.27. The van der Waals surface area contributed by atoms with Gasteiger partial charge in [0, 0.05) is 12.4 Å². The van der Waals surface area contributed by atoms with E-state index in [1.807, 2.05) is 0 Å². The summed E-state index contributed by atoms with van der Waals surface area (Å²) in [5, 5.41) is 3.19. The van der Waals surface area contributed by atoms with Crippen LogP contribution in [0.15, 0.2) is 42.7 Å². The third kappa shape index (κ3) is 2.79. The smallest absolute Gasteiger partial charge is 0.337 e. The fraction of sp³-hybridized carbons (Fsp3) is 0.0667. The molecule has 0 unspecified atom stereocenters. The number of hydrogen-bond donors (Lipinski definition) is 1. The van der Waals surface area contributed by atoms with Crippen molar-refractivity contribution in [2.75, 3.05) is 12.4 Å². The van der Waals surface area contributed by atoms with Crippen molar-refractivity contribution in [2.45, 2.75) is 0 Å². The van der Waals surface area contributed by atoms with Gasteiger partial charge in [0.25, 0.3) is 5.91 Å². The predicted octanol–water partition coefficient (Wildman–Crippen LogP) is 2.73. The van der Waals surface area contributed by atoms with Crippen LogP contribution < -0.4 is 5.32 Å². The van der Waals surface area contributed by atoms with Crippen molar-refractivity contribution in [2.24, 2.45) is 0 Å². The first-order valence-corrected chi connectivity index (χ1v) is 7.19. The summed E-state index contributed by atoms with van der Waals surface area (Å²) < 4.78 is 5.48.